The van der Waals surface area contributed by atoms with Crippen LogP contribution in [0.1, 0.15) is 29.3 Å². The van der Waals surface area contributed by atoms with E-state index in [2.05, 4.69) is 15.6 Å². The molecule has 0 aliphatic rings. The normalized spacial score (nSPS) is 11.1. The standard InChI is InChI=1S/C17H23N3O2S/c1-12-11-19-15(23-12)9-10-18-16(21)20-17(2,3)13-7-5-6-8-14(13)22-4/h5-8,11H,9-10H2,1-4H3,(H2,18,20,21). The number of amides is 2. The van der Waals surface area contributed by atoms with Gasteiger partial charge in [-0.2, -0.15) is 0 Å². The molecule has 5 nitrogen and oxygen atoms in total. The van der Waals surface area contributed by atoms with Crippen LogP contribution in [0.3, 0.4) is 0 Å². The largest absolute Gasteiger partial charge is 0.496 e. The molecule has 0 spiro atoms. The Labute approximate surface area is 141 Å². The number of urea groups is 1. The van der Waals surface area contributed by atoms with Crippen molar-refractivity contribution in [3.63, 3.8) is 0 Å². The van der Waals surface area contributed by atoms with Gasteiger partial charge in [0.15, 0.2) is 0 Å². The number of hydrogen-bond donors (Lipinski definition) is 2. The molecule has 2 N–H and O–H groups in total. The third-order valence-corrected chi connectivity index (χ3v) is 4.47. The lowest BCUT2D eigenvalue weighted by molar-refractivity contribution is 0.229. The first-order valence-corrected chi connectivity index (χ1v) is 8.35. The molecule has 124 valence electrons. The van der Waals surface area contributed by atoms with Crippen LogP contribution in [0.25, 0.3) is 0 Å². The highest BCUT2D eigenvalue weighted by atomic mass is 32.1. The topological polar surface area (TPSA) is 63.2 Å². The van der Waals surface area contributed by atoms with Crippen LogP contribution in [-0.2, 0) is 12.0 Å². The molecule has 0 atom stereocenters. The number of nitrogens with one attached hydrogen (secondary N) is 2. The second-order valence-corrected chi connectivity index (χ2v) is 7.14. The highest BCUT2D eigenvalue weighted by molar-refractivity contribution is 7.11. The number of thiazole rings is 1. The zero-order valence-corrected chi connectivity index (χ0v) is 14.8. The van der Waals surface area contributed by atoms with Crippen LogP contribution in [0.4, 0.5) is 4.79 Å². The number of hydrogen-bond acceptors (Lipinski definition) is 4. The van der Waals surface area contributed by atoms with Gasteiger partial charge in [0.2, 0.25) is 0 Å². The van der Waals surface area contributed by atoms with E-state index in [4.69, 9.17) is 4.74 Å². The van der Waals surface area contributed by atoms with Crippen LogP contribution in [0.15, 0.2) is 30.5 Å². The molecule has 0 bridgehead atoms. The zero-order chi connectivity index (χ0) is 16.9. The highest BCUT2D eigenvalue weighted by Gasteiger charge is 2.25. The summed E-state index contributed by atoms with van der Waals surface area (Å²) in [4.78, 5) is 17.6. The molecule has 0 saturated heterocycles. The van der Waals surface area contributed by atoms with Crippen molar-refractivity contribution < 1.29 is 9.53 Å². The summed E-state index contributed by atoms with van der Waals surface area (Å²) < 4.78 is 5.38. The molecule has 1 aromatic heterocycles. The summed E-state index contributed by atoms with van der Waals surface area (Å²) in [5.41, 5.74) is 0.405. The number of methoxy groups -OCH3 is 1. The molecular formula is C17H23N3O2S. The average Bonchev–Trinajstić information content (AvgIpc) is 2.92. The second kappa shape index (κ2) is 7.46. The Morgan fingerprint density at radius 1 is 1.35 bits per heavy atom. The van der Waals surface area contributed by atoms with E-state index in [1.807, 2.05) is 51.2 Å². The van der Waals surface area contributed by atoms with Gasteiger partial charge in [0.05, 0.1) is 17.7 Å². The van der Waals surface area contributed by atoms with Gasteiger partial charge in [-0.25, -0.2) is 9.78 Å². The molecule has 6 heteroatoms. The van der Waals surface area contributed by atoms with Gasteiger partial charge in [-0.15, -0.1) is 11.3 Å². The van der Waals surface area contributed by atoms with Gasteiger partial charge < -0.3 is 15.4 Å². The first-order chi connectivity index (χ1) is 10.9. The fourth-order valence-electron chi connectivity index (χ4n) is 2.36. The fraction of sp³-hybridized carbons (Fsp3) is 0.412. The monoisotopic (exact) mass is 333 g/mol. The molecule has 0 saturated carbocycles. The van der Waals surface area contributed by atoms with Crippen molar-refractivity contribution in [2.75, 3.05) is 13.7 Å². The molecule has 1 heterocycles. The minimum absolute atomic E-state index is 0.200. The number of carbonyl (C=O) groups is 1. The maximum atomic E-state index is 12.1. The van der Waals surface area contributed by atoms with Crippen molar-refractivity contribution in [3.8, 4) is 5.75 Å². The maximum Gasteiger partial charge on any atom is 0.315 e. The summed E-state index contributed by atoms with van der Waals surface area (Å²) in [5, 5.41) is 6.91. The number of benzene rings is 1. The Kier molecular flexibility index (Phi) is 5.60. The van der Waals surface area contributed by atoms with E-state index >= 15 is 0 Å². The molecule has 2 aromatic rings. The molecule has 0 aliphatic carbocycles. The molecule has 0 unspecified atom stereocenters. The van der Waals surface area contributed by atoms with Crippen molar-refractivity contribution >= 4 is 17.4 Å². The van der Waals surface area contributed by atoms with Gasteiger partial charge >= 0.3 is 6.03 Å². The van der Waals surface area contributed by atoms with E-state index in [0.29, 0.717) is 6.54 Å². The summed E-state index contributed by atoms with van der Waals surface area (Å²) in [7, 11) is 1.63. The molecule has 1 aromatic carbocycles. The third kappa shape index (κ3) is 4.69. The summed E-state index contributed by atoms with van der Waals surface area (Å²) in [5.74, 6) is 0.760. The van der Waals surface area contributed by atoms with Gasteiger partial charge in [-0.05, 0) is 26.8 Å². The Balaban J connectivity index is 1.90. The minimum atomic E-state index is -0.533. The molecule has 0 radical (unpaired) electrons. The smallest absolute Gasteiger partial charge is 0.315 e. The first-order valence-electron chi connectivity index (χ1n) is 7.53. The summed E-state index contributed by atoms with van der Waals surface area (Å²) in [6.45, 7) is 6.49. The van der Waals surface area contributed by atoms with E-state index in [0.717, 1.165) is 22.7 Å². The van der Waals surface area contributed by atoms with Gasteiger partial charge in [0, 0.05) is 29.6 Å². The fourth-order valence-corrected chi connectivity index (χ4v) is 3.14. The number of aryl methyl sites for hydroxylation is 1. The van der Waals surface area contributed by atoms with Crippen LogP contribution < -0.4 is 15.4 Å². The van der Waals surface area contributed by atoms with Crippen molar-refractivity contribution in [3.05, 3.63) is 45.9 Å². The Hall–Kier alpha value is -2.08. The van der Waals surface area contributed by atoms with Crippen LogP contribution in [0.2, 0.25) is 0 Å². The van der Waals surface area contributed by atoms with Gasteiger partial charge in [-0.3, -0.25) is 0 Å². The van der Waals surface area contributed by atoms with E-state index in [1.54, 1.807) is 18.4 Å². The predicted molar refractivity (Wildman–Crippen MR) is 93.1 cm³/mol. The average molecular weight is 333 g/mol. The van der Waals surface area contributed by atoms with Crippen LogP contribution in [0, 0.1) is 6.92 Å². The number of ether oxygens (including phenoxy) is 1. The van der Waals surface area contributed by atoms with Gasteiger partial charge in [-0.1, -0.05) is 18.2 Å². The van der Waals surface area contributed by atoms with Crippen molar-refractivity contribution in [2.24, 2.45) is 0 Å². The lowest BCUT2D eigenvalue weighted by atomic mass is 9.93. The number of para-hydroxylation sites is 1. The second-order valence-electron chi connectivity index (χ2n) is 5.82. The van der Waals surface area contributed by atoms with Crippen LogP contribution in [-0.4, -0.2) is 24.7 Å². The number of rotatable bonds is 6. The zero-order valence-electron chi connectivity index (χ0n) is 14.0. The maximum absolute atomic E-state index is 12.1. The van der Waals surface area contributed by atoms with Gasteiger partial charge in [0.1, 0.15) is 5.75 Å². The van der Waals surface area contributed by atoms with E-state index in [-0.39, 0.29) is 6.03 Å². The Morgan fingerprint density at radius 3 is 2.74 bits per heavy atom. The number of nitrogens with zero attached hydrogens (tertiary/aromatic N) is 1. The molecule has 2 rings (SSSR count). The molecule has 23 heavy (non-hydrogen) atoms. The SMILES string of the molecule is COc1ccccc1C(C)(C)NC(=O)NCCc1ncc(C)s1. The summed E-state index contributed by atoms with van der Waals surface area (Å²) in [6.07, 6.45) is 2.59. The first kappa shape index (κ1) is 17.3. The Morgan fingerprint density at radius 2 is 2.09 bits per heavy atom. The Bertz CT molecular complexity index is 667. The van der Waals surface area contributed by atoms with E-state index < -0.39 is 5.54 Å². The number of carbonyl (C=O) groups excluding carboxylic acids is 1. The van der Waals surface area contributed by atoms with Crippen molar-refractivity contribution in [1.82, 2.24) is 15.6 Å². The highest BCUT2D eigenvalue weighted by Crippen LogP contribution is 2.29. The summed E-state index contributed by atoms with van der Waals surface area (Å²) in [6, 6.07) is 7.49. The molecule has 2 amide bonds. The predicted octanol–water partition coefficient (Wildman–Crippen LogP) is 3.24. The molecule has 0 aliphatic heterocycles. The lowest BCUT2D eigenvalue weighted by Gasteiger charge is -2.28. The van der Waals surface area contributed by atoms with Crippen molar-refractivity contribution in [2.45, 2.75) is 32.7 Å². The number of aromatic nitrogens is 1. The van der Waals surface area contributed by atoms with E-state index in [1.165, 1.54) is 4.88 Å². The van der Waals surface area contributed by atoms with Crippen LogP contribution >= 0.6 is 11.3 Å². The van der Waals surface area contributed by atoms with Crippen LogP contribution in [0.5, 0.6) is 5.75 Å². The van der Waals surface area contributed by atoms with Crippen molar-refractivity contribution in [1.29, 1.82) is 0 Å². The summed E-state index contributed by atoms with van der Waals surface area (Å²) >= 11 is 1.65. The quantitative estimate of drug-likeness (QED) is 0.853. The minimum Gasteiger partial charge on any atom is -0.496 e. The van der Waals surface area contributed by atoms with Gasteiger partial charge in [0.25, 0.3) is 0 Å². The molecular weight excluding hydrogens is 310 g/mol. The lowest BCUT2D eigenvalue weighted by Crippen LogP contribution is -2.47. The third-order valence-electron chi connectivity index (χ3n) is 3.50. The van der Waals surface area contributed by atoms with E-state index in [9.17, 15) is 4.79 Å². The molecule has 0 fully saturated rings.